The molecule has 1 aliphatic rings. The Bertz CT molecular complexity index is 687. The van der Waals surface area contributed by atoms with Crippen molar-refractivity contribution in [2.75, 3.05) is 22.5 Å². The summed E-state index contributed by atoms with van der Waals surface area (Å²) >= 11 is 0. The normalized spacial score (nSPS) is 13.7. The lowest BCUT2D eigenvalue weighted by Crippen LogP contribution is -2.38. The number of urea groups is 1. The van der Waals surface area contributed by atoms with Gasteiger partial charge in [-0.25, -0.2) is 9.18 Å². The van der Waals surface area contributed by atoms with Gasteiger partial charge in [-0.2, -0.15) is 0 Å². The molecule has 0 saturated carbocycles. The molecule has 21 heavy (non-hydrogen) atoms. The highest BCUT2D eigenvalue weighted by molar-refractivity contribution is 6.02. The van der Waals surface area contributed by atoms with Crippen molar-refractivity contribution < 1.29 is 9.18 Å². The van der Waals surface area contributed by atoms with Gasteiger partial charge in [0.2, 0.25) is 0 Å². The third kappa shape index (κ3) is 2.67. The Hall–Kier alpha value is -2.56. The van der Waals surface area contributed by atoms with Crippen molar-refractivity contribution in [3.63, 3.8) is 0 Å². The standard InChI is InChI=1S/C16H16FN3O/c17-13-5-1-2-6-14(13)19-16(21)20-9-3-4-11-7-8-12(18)10-15(11)20/h1-2,5-8,10H,3-4,9,18H2,(H,19,21). The van der Waals surface area contributed by atoms with Crippen LogP contribution in [-0.4, -0.2) is 12.6 Å². The molecular weight excluding hydrogens is 269 g/mol. The SMILES string of the molecule is Nc1ccc2c(c1)N(C(=O)Nc1ccccc1F)CCC2. The average molecular weight is 285 g/mol. The number of para-hydroxylation sites is 1. The second kappa shape index (κ2) is 5.44. The summed E-state index contributed by atoms with van der Waals surface area (Å²) in [6, 6.07) is 11.3. The number of rotatable bonds is 1. The first kappa shape index (κ1) is 13.4. The number of nitrogen functional groups attached to an aromatic ring is 1. The van der Waals surface area contributed by atoms with Crippen LogP contribution >= 0.6 is 0 Å². The van der Waals surface area contributed by atoms with Gasteiger partial charge in [-0.3, -0.25) is 4.90 Å². The Morgan fingerprint density at radius 1 is 1.24 bits per heavy atom. The first-order valence-corrected chi connectivity index (χ1v) is 6.86. The van der Waals surface area contributed by atoms with Gasteiger partial charge in [0.25, 0.3) is 0 Å². The molecule has 3 rings (SSSR count). The second-order valence-electron chi connectivity index (χ2n) is 5.05. The van der Waals surface area contributed by atoms with Crippen molar-refractivity contribution in [2.24, 2.45) is 0 Å². The number of nitrogens with one attached hydrogen (secondary N) is 1. The molecule has 0 radical (unpaired) electrons. The van der Waals surface area contributed by atoms with Crippen LogP contribution in [0.5, 0.6) is 0 Å². The van der Waals surface area contributed by atoms with E-state index in [-0.39, 0.29) is 11.7 Å². The smallest absolute Gasteiger partial charge is 0.326 e. The Labute approximate surface area is 122 Å². The Balaban J connectivity index is 1.87. The average Bonchev–Trinajstić information content (AvgIpc) is 2.49. The molecule has 2 aromatic carbocycles. The predicted octanol–water partition coefficient (Wildman–Crippen LogP) is 3.39. The molecule has 0 aromatic heterocycles. The molecule has 0 bridgehead atoms. The Morgan fingerprint density at radius 2 is 2.05 bits per heavy atom. The molecule has 0 saturated heterocycles. The van der Waals surface area contributed by atoms with E-state index in [4.69, 9.17) is 5.73 Å². The van der Waals surface area contributed by atoms with E-state index in [1.54, 1.807) is 23.1 Å². The van der Waals surface area contributed by atoms with E-state index in [9.17, 15) is 9.18 Å². The highest BCUT2D eigenvalue weighted by Crippen LogP contribution is 2.29. The maximum absolute atomic E-state index is 13.6. The number of benzene rings is 2. The zero-order valence-corrected chi connectivity index (χ0v) is 11.5. The fourth-order valence-electron chi connectivity index (χ4n) is 2.55. The van der Waals surface area contributed by atoms with Gasteiger partial charge in [0.1, 0.15) is 5.82 Å². The van der Waals surface area contributed by atoms with Crippen LogP contribution < -0.4 is 16.0 Å². The molecule has 2 aromatic rings. The minimum absolute atomic E-state index is 0.179. The summed E-state index contributed by atoms with van der Waals surface area (Å²) in [5.74, 6) is -0.448. The lowest BCUT2D eigenvalue weighted by atomic mass is 10.0. The molecule has 0 aliphatic carbocycles. The molecule has 1 aliphatic heterocycles. The highest BCUT2D eigenvalue weighted by atomic mass is 19.1. The molecule has 0 unspecified atom stereocenters. The largest absolute Gasteiger partial charge is 0.399 e. The molecule has 108 valence electrons. The zero-order valence-electron chi connectivity index (χ0n) is 11.5. The van der Waals surface area contributed by atoms with Gasteiger partial charge in [-0.1, -0.05) is 18.2 Å². The molecule has 5 heteroatoms. The van der Waals surface area contributed by atoms with E-state index in [1.807, 2.05) is 12.1 Å². The van der Waals surface area contributed by atoms with E-state index in [0.29, 0.717) is 12.2 Å². The van der Waals surface area contributed by atoms with Gasteiger partial charge in [0, 0.05) is 12.2 Å². The lowest BCUT2D eigenvalue weighted by molar-refractivity contribution is 0.256. The van der Waals surface area contributed by atoms with Crippen LogP contribution in [0.2, 0.25) is 0 Å². The van der Waals surface area contributed by atoms with Crippen LogP contribution in [0.4, 0.5) is 26.2 Å². The number of nitrogens with two attached hydrogens (primary N) is 1. The van der Waals surface area contributed by atoms with Gasteiger partial charge >= 0.3 is 6.03 Å². The summed E-state index contributed by atoms with van der Waals surface area (Å²) in [5.41, 5.74) is 8.48. The molecule has 0 spiro atoms. The summed E-state index contributed by atoms with van der Waals surface area (Å²) in [6.45, 7) is 0.594. The van der Waals surface area contributed by atoms with Crippen molar-refractivity contribution in [3.8, 4) is 0 Å². The van der Waals surface area contributed by atoms with Crippen LogP contribution in [0.1, 0.15) is 12.0 Å². The van der Waals surface area contributed by atoms with Crippen molar-refractivity contribution >= 4 is 23.1 Å². The summed E-state index contributed by atoms with van der Waals surface area (Å²) in [4.78, 5) is 14.0. The van der Waals surface area contributed by atoms with Gasteiger partial charge < -0.3 is 11.1 Å². The van der Waals surface area contributed by atoms with Gasteiger partial charge in [0.05, 0.1) is 11.4 Å². The van der Waals surface area contributed by atoms with Crippen LogP contribution in [-0.2, 0) is 6.42 Å². The monoisotopic (exact) mass is 285 g/mol. The number of aryl methyl sites for hydroxylation is 1. The number of fused-ring (bicyclic) bond motifs is 1. The maximum atomic E-state index is 13.6. The number of nitrogens with zero attached hydrogens (tertiary/aromatic N) is 1. The second-order valence-corrected chi connectivity index (χ2v) is 5.05. The summed E-state index contributed by atoms with van der Waals surface area (Å²) in [5, 5.41) is 2.61. The van der Waals surface area contributed by atoms with Crippen molar-refractivity contribution in [1.82, 2.24) is 0 Å². The minimum atomic E-state index is -0.448. The number of amides is 2. The third-order valence-electron chi connectivity index (χ3n) is 3.59. The number of halogens is 1. The Morgan fingerprint density at radius 3 is 2.86 bits per heavy atom. The summed E-state index contributed by atoms with van der Waals surface area (Å²) < 4.78 is 13.6. The van der Waals surface area contributed by atoms with E-state index in [2.05, 4.69) is 5.32 Å². The number of carbonyl (C=O) groups is 1. The van der Waals surface area contributed by atoms with E-state index in [0.717, 1.165) is 24.1 Å². The molecule has 3 N–H and O–H groups in total. The van der Waals surface area contributed by atoms with Gasteiger partial charge in [0.15, 0.2) is 0 Å². The lowest BCUT2D eigenvalue weighted by Gasteiger charge is -2.29. The van der Waals surface area contributed by atoms with Crippen molar-refractivity contribution in [2.45, 2.75) is 12.8 Å². The summed E-state index contributed by atoms with van der Waals surface area (Å²) in [7, 11) is 0. The van der Waals surface area contributed by atoms with Gasteiger partial charge in [-0.15, -0.1) is 0 Å². The van der Waals surface area contributed by atoms with Gasteiger partial charge in [-0.05, 0) is 42.7 Å². The van der Waals surface area contributed by atoms with Crippen LogP contribution in [0, 0.1) is 5.82 Å². The van der Waals surface area contributed by atoms with Crippen molar-refractivity contribution in [1.29, 1.82) is 0 Å². The first-order valence-electron chi connectivity index (χ1n) is 6.86. The molecule has 0 fully saturated rings. The fraction of sp³-hybridized carbons (Fsp3) is 0.188. The first-order chi connectivity index (χ1) is 10.1. The topological polar surface area (TPSA) is 58.4 Å². The van der Waals surface area contributed by atoms with Crippen molar-refractivity contribution in [3.05, 3.63) is 53.8 Å². The third-order valence-corrected chi connectivity index (χ3v) is 3.59. The predicted molar refractivity (Wildman–Crippen MR) is 81.9 cm³/mol. The maximum Gasteiger partial charge on any atom is 0.326 e. The van der Waals surface area contributed by atoms with Crippen LogP contribution in [0.3, 0.4) is 0 Å². The zero-order chi connectivity index (χ0) is 14.8. The molecular formula is C16H16FN3O. The van der Waals surface area contributed by atoms with E-state index >= 15 is 0 Å². The Kier molecular flexibility index (Phi) is 3.48. The van der Waals surface area contributed by atoms with Crippen LogP contribution in [0.25, 0.3) is 0 Å². The van der Waals surface area contributed by atoms with E-state index < -0.39 is 5.82 Å². The van der Waals surface area contributed by atoms with E-state index in [1.165, 1.54) is 12.1 Å². The number of carbonyl (C=O) groups excluding carboxylic acids is 1. The summed E-state index contributed by atoms with van der Waals surface area (Å²) in [6.07, 6.45) is 1.79. The fourth-order valence-corrected chi connectivity index (χ4v) is 2.55. The highest BCUT2D eigenvalue weighted by Gasteiger charge is 2.23. The molecule has 1 heterocycles. The number of anilines is 3. The quantitative estimate of drug-likeness (QED) is 0.789. The number of hydrogen-bond donors (Lipinski definition) is 2. The van der Waals surface area contributed by atoms with Crippen LogP contribution in [0.15, 0.2) is 42.5 Å². The minimum Gasteiger partial charge on any atom is -0.399 e. The number of hydrogen-bond acceptors (Lipinski definition) is 2. The molecule has 0 atom stereocenters. The molecule has 4 nitrogen and oxygen atoms in total. The molecule has 2 amide bonds.